The molecule has 0 saturated heterocycles. The summed E-state index contributed by atoms with van der Waals surface area (Å²) < 4.78 is 3.43. The lowest BCUT2D eigenvalue weighted by Gasteiger charge is -2.08. The summed E-state index contributed by atoms with van der Waals surface area (Å²) >= 11 is 9.44. The van der Waals surface area contributed by atoms with E-state index in [1.165, 1.54) is 44.0 Å². The summed E-state index contributed by atoms with van der Waals surface area (Å²) in [5.41, 5.74) is 2.29. The van der Waals surface area contributed by atoms with Gasteiger partial charge in [0.2, 0.25) is 0 Å². The van der Waals surface area contributed by atoms with Crippen LogP contribution in [0.25, 0.3) is 11.0 Å². The number of nitrogens with zero attached hydrogens (tertiary/aromatic N) is 2. The molecule has 0 N–H and O–H groups in total. The zero-order valence-corrected chi connectivity index (χ0v) is 15.1. The molecule has 0 aliphatic heterocycles. The lowest BCUT2D eigenvalue weighted by Crippen LogP contribution is -2.05. The number of aryl methyl sites for hydroxylation is 2. The first-order chi connectivity index (χ1) is 10.3. The highest BCUT2D eigenvalue weighted by molar-refractivity contribution is 9.10. The molecule has 2 aromatic rings. The number of hydrogen-bond donors (Lipinski definition) is 0. The third-order valence-electron chi connectivity index (χ3n) is 3.84. The van der Waals surface area contributed by atoms with Crippen molar-refractivity contribution in [2.75, 3.05) is 5.88 Å². The fraction of sp³-hybridized carbons (Fsp3) is 0.588. The largest absolute Gasteiger partial charge is 0.328 e. The van der Waals surface area contributed by atoms with E-state index in [2.05, 4.69) is 45.6 Å². The molecule has 0 spiro atoms. The Kier molecular flexibility index (Phi) is 7.05. The van der Waals surface area contributed by atoms with Crippen LogP contribution in [0.1, 0.15) is 51.3 Å². The van der Waals surface area contributed by atoms with Gasteiger partial charge in [0.1, 0.15) is 5.82 Å². The van der Waals surface area contributed by atoms with Crippen LogP contribution < -0.4 is 0 Å². The number of benzene rings is 1. The molecule has 0 aliphatic rings. The van der Waals surface area contributed by atoms with Gasteiger partial charge in [0.05, 0.1) is 11.0 Å². The average molecular weight is 372 g/mol. The smallest absolute Gasteiger partial charge is 0.111 e. The second kappa shape index (κ2) is 8.79. The van der Waals surface area contributed by atoms with Crippen molar-refractivity contribution < 1.29 is 0 Å². The number of unbranched alkanes of at least 4 members (excludes halogenated alkanes) is 5. The number of hydrogen-bond acceptors (Lipinski definition) is 1. The summed E-state index contributed by atoms with van der Waals surface area (Å²) in [5.74, 6) is 1.74. The first-order valence-electron chi connectivity index (χ1n) is 7.97. The van der Waals surface area contributed by atoms with Gasteiger partial charge in [-0.2, -0.15) is 0 Å². The number of alkyl halides is 1. The third-order valence-corrected chi connectivity index (χ3v) is 4.52. The van der Waals surface area contributed by atoms with Crippen molar-refractivity contribution in [1.29, 1.82) is 0 Å². The average Bonchev–Trinajstić information content (AvgIpc) is 2.80. The quantitative estimate of drug-likeness (QED) is 0.394. The van der Waals surface area contributed by atoms with Crippen molar-refractivity contribution in [3.8, 4) is 0 Å². The van der Waals surface area contributed by atoms with Crippen LogP contribution in [0.5, 0.6) is 0 Å². The lowest BCUT2D eigenvalue weighted by atomic mass is 10.1. The number of fused-ring (bicyclic) bond motifs is 1. The zero-order chi connectivity index (χ0) is 15.1. The molecule has 0 atom stereocenters. The maximum absolute atomic E-state index is 5.92. The van der Waals surface area contributed by atoms with Crippen molar-refractivity contribution in [2.24, 2.45) is 0 Å². The predicted octanol–water partition coefficient (Wildman–Crippen LogP) is 5.94. The molecular weight excluding hydrogens is 348 g/mol. The predicted molar refractivity (Wildman–Crippen MR) is 95.2 cm³/mol. The Bertz CT molecular complexity index is 565. The van der Waals surface area contributed by atoms with E-state index in [0.717, 1.165) is 28.8 Å². The first-order valence-corrected chi connectivity index (χ1v) is 9.29. The molecular formula is C17H24BrClN2. The molecule has 0 unspecified atom stereocenters. The van der Waals surface area contributed by atoms with Crippen molar-refractivity contribution >= 4 is 38.6 Å². The van der Waals surface area contributed by atoms with Gasteiger partial charge in [-0.05, 0) is 24.6 Å². The molecule has 1 heterocycles. The molecule has 1 aromatic carbocycles. The Hall–Kier alpha value is -0.540. The van der Waals surface area contributed by atoms with E-state index in [1.807, 2.05) is 0 Å². The second-order valence-corrected chi connectivity index (χ2v) is 6.81. The normalized spacial score (nSPS) is 11.4. The highest BCUT2D eigenvalue weighted by Gasteiger charge is 2.10. The van der Waals surface area contributed by atoms with E-state index in [4.69, 9.17) is 16.6 Å². The van der Waals surface area contributed by atoms with Crippen molar-refractivity contribution in [3.63, 3.8) is 0 Å². The summed E-state index contributed by atoms with van der Waals surface area (Å²) in [6.07, 6.45) is 8.74. The summed E-state index contributed by atoms with van der Waals surface area (Å²) in [6.45, 7) is 3.31. The van der Waals surface area contributed by atoms with Crippen LogP contribution in [0.2, 0.25) is 0 Å². The Morgan fingerprint density at radius 3 is 2.67 bits per heavy atom. The molecule has 2 nitrogen and oxygen atoms in total. The molecule has 2 rings (SSSR count). The van der Waals surface area contributed by atoms with Crippen LogP contribution in [0.3, 0.4) is 0 Å². The molecule has 116 valence electrons. The number of halogens is 2. The van der Waals surface area contributed by atoms with Gasteiger partial charge in [-0.3, -0.25) is 0 Å². The SMILES string of the molecule is CCCCCCCCn1c(CCCl)nc2cc(Br)ccc21. The Morgan fingerprint density at radius 2 is 1.90 bits per heavy atom. The summed E-state index contributed by atoms with van der Waals surface area (Å²) in [7, 11) is 0. The van der Waals surface area contributed by atoms with E-state index >= 15 is 0 Å². The number of rotatable bonds is 9. The van der Waals surface area contributed by atoms with Crippen molar-refractivity contribution in [1.82, 2.24) is 9.55 Å². The summed E-state index contributed by atoms with van der Waals surface area (Å²) in [6, 6.07) is 6.33. The van der Waals surface area contributed by atoms with Crippen molar-refractivity contribution in [2.45, 2.75) is 58.4 Å². The fourth-order valence-electron chi connectivity index (χ4n) is 2.73. The topological polar surface area (TPSA) is 17.8 Å². The number of aromatic nitrogens is 2. The van der Waals surface area contributed by atoms with Crippen LogP contribution in [-0.2, 0) is 13.0 Å². The molecule has 4 heteroatoms. The minimum absolute atomic E-state index is 0.626. The molecule has 21 heavy (non-hydrogen) atoms. The highest BCUT2D eigenvalue weighted by Crippen LogP contribution is 2.22. The van der Waals surface area contributed by atoms with Crippen LogP contribution >= 0.6 is 27.5 Å². The molecule has 0 saturated carbocycles. The van der Waals surface area contributed by atoms with E-state index < -0.39 is 0 Å². The van der Waals surface area contributed by atoms with Gasteiger partial charge in [-0.15, -0.1) is 11.6 Å². The van der Waals surface area contributed by atoms with Crippen LogP contribution in [-0.4, -0.2) is 15.4 Å². The minimum atomic E-state index is 0.626. The standard InChI is InChI=1S/C17H24BrClN2/c1-2-3-4-5-6-7-12-21-16-9-8-14(18)13-15(16)20-17(21)10-11-19/h8-9,13H,2-7,10-12H2,1H3. The van der Waals surface area contributed by atoms with E-state index in [-0.39, 0.29) is 0 Å². The fourth-order valence-corrected chi connectivity index (χ4v) is 3.25. The van der Waals surface area contributed by atoms with Gasteiger partial charge < -0.3 is 4.57 Å². The molecule has 1 aromatic heterocycles. The van der Waals surface area contributed by atoms with Gasteiger partial charge in [0, 0.05) is 23.3 Å². The van der Waals surface area contributed by atoms with Crippen LogP contribution in [0.4, 0.5) is 0 Å². The van der Waals surface area contributed by atoms with Gasteiger partial charge in [-0.1, -0.05) is 55.0 Å². The maximum atomic E-state index is 5.92. The third kappa shape index (κ3) is 4.72. The minimum Gasteiger partial charge on any atom is -0.328 e. The van der Waals surface area contributed by atoms with Crippen molar-refractivity contribution in [3.05, 3.63) is 28.5 Å². The summed E-state index contributed by atoms with van der Waals surface area (Å²) in [5, 5.41) is 0. The van der Waals surface area contributed by atoms with Gasteiger partial charge in [0.25, 0.3) is 0 Å². The number of imidazole rings is 1. The Morgan fingerprint density at radius 1 is 1.14 bits per heavy atom. The first kappa shape index (κ1) is 16.8. The van der Waals surface area contributed by atoms with Gasteiger partial charge >= 0.3 is 0 Å². The van der Waals surface area contributed by atoms with E-state index in [0.29, 0.717) is 5.88 Å². The van der Waals surface area contributed by atoms with Crippen LogP contribution in [0.15, 0.2) is 22.7 Å². The molecule has 0 bridgehead atoms. The second-order valence-electron chi connectivity index (χ2n) is 5.52. The lowest BCUT2D eigenvalue weighted by molar-refractivity contribution is 0.554. The molecule has 0 aliphatic carbocycles. The monoisotopic (exact) mass is 370 g/mol. The summed E-state index contributed by atoms with van der Waals surface area (Å²) in [4.78, 5) is 4.74. The van der Waals surface area contributed by atoms with Crippen LogP contribution in [0, 0.1) is 0 Å². The molecule has 0 radical (unpaired) electrons. The van der Waals surface area contributed by atoms with E-state index in [9.17, 15) is 0 Å². The Balaban J connectivity index is 2.04. The molecule has 0 fully saturated rings. The van der Waals surface area contributed by atoms with Gasteiger partial charge in [-0.25, -0.2) is 4.98 Å². The van der Waals surface area contributed by atoms with Gasteiger partial charge in [0.15, 0.2) is 0 Å². The Labute approximate surface area is 141 Å². The highest BCUT2D eigenvalue weighted by atomic mass is 79.9. The van der Waals surface area contributed by atoms with E-state index in [1.54, 1.807) is 0 Å². The zero-order valence-electron chi connectivity index (χ0n) is 12.7. The molecule has 0 amide bonds. The maximum Gasteiger partial charge on any atom is 0.111 e.